The van der Waals surface area contributed by atoms with E-state index in [9.17, 15) is 45.3 Å². The molecule has 2 rings (SSSR count). The SMILES string of the molecule is CCCCCCCC/C=C/CCCCCCCC(=O)O[C@@H](COC(=O)CCCCCCCCCCCCCCCCCCCCC)CO[C@@H]1O[C@H](CO[C@@H]2O[C@H](CO)[C@H](O)C(O)C2O)[C@H](O)C(O)C1O. The summed E-state index contributed by atoms with van der Waals surface area (Å²) in [5, 5.41) is 72.2. The summed E-state index contributed by atoms with van der Waals surface area (Å²) in [4.78, 5) is 25.8. The van der Waals surface area contributed by atoms with E-state index < -0.39 is 92.7 Å². The Bertz CT molecular complexity index is 1270. The standard InChI is InChI=1S/C55H102O15/c1-3-5-7-9-11-13-15-17-19-20-21-22-24-25-27-29-31-33-35-37-46(57)65-40-43(68-47(58)38-36-34-32-30-28-26-23-18-16-14-12-10-8-6-4-2)41-66-54-53(64)51(62)49(60)45(70-54)42-67-55-52(63)50(61)48(59)44(39-56)69-55/h18,23,43-45,48-56,59-64H,3-17,19-22,24-42H2,1-2H3/b23-18+/t43-,44+,45+,48-,49-,50?,51?,52?,53?,54+,55+/m0/s1. The van der Waals surface area contributed by atoms with E-state index in [4.69, 9.17) is 28.4 Å². The molecule has 15 heteroatoms. The smallest absolute Gasteiger partial charge is 0.306 e. The van der Waals surface area contributed by atoms with Crippen LogP contribution in [0.4, 0.5) is 0 Å². The molecule has 0 aromatic heterocycles. The van der Waals surface area contributed by atoms with Crippen LogP contribution in [0.2, 0.25) is 0 Å². The van der Waals surface area contributed by atoms with Crippen LogP contribution in [0.1, 0.15) is 232 Å². The fraction of sp³-hybridized carbons (Fsp3) is 0.927. The lowest BCUT2D eigenvalue weighted by molar-refractivity contribution is -0.332. The average Bonchev–Trinajstić information content (AvgIpc) is 3.35. The van der Waals surface area contributed by atoms with Crippen molar-refractivity contribution in [3.63, 3.8) is 0 Å². The second-order valence-corrected chi connectivity index (χ2v) is 20.1. The van der Waals surface area contributed by atoms with Crippen molar-refractivity contribution < 1.29 is 73.8 Å². The number of hydrogen-bond acceptors (Lipinski definition) is 15. The van der Waals surface area contributed by atoms with Crippen molar-refractivity contribution >= 4 is 11.9 Å². The molecule has 2 heterocycles. The van der Waals surface area contributed by atoms with E-state index in [0.29, 0.717) is 12.8 Å². The fourth-order valence-corrected chi connectivity index (χ4v) is 9.10. The number of aliphatic hydroxyl groups excluding tert-OH is 7. The van der Waals surface area contributed by atoms with Gasteiger partial charge in [-0.25, -0.2) is 0 Å². The molecule has 2 aliphatic heterocycles. The van der Waals surface area contributed by atoms with Crippen LogP contribution < -0.4 is 0 Å². The van der Waals surface area contributed by atoms with Crippen LogP contribution in [0.3, 0.4) is 0 Å². The number of esters is 2. The van der Waals surface area contributed by atoms with Gasteiger partial charge in [-0.1, -0.05) is 193 Å². The lowest BCUT2D eigenvalue weighted by Crippen LogP contribution is -2.61. The molecule has 11 atom stereocenters. The second kappa shape index (κ2) is 42.6. The van der Waals surface area contributed by atoms with Crippen molar-refractivity contribution in [3.8, 4) is 0 Å². The fourth-order valence-electron chi connectivity index (χ4n) is 9.10. The largest absolute Gasteiger partial charge is 0.462 e. The first-order chi connectivity index (χ1) is 34.0. The molecule has 0 aliphatic carbocycles. The van der Waals surface area contributed by atoms with E-state index in [1.165, 1.54) is 135 Å². The van der Waals surface area contributed by atoms with Crippen molar-refractivity contribution in [2.75, 3.05) is 26.4 Å². The number of ether oxygens (including phenoxy) is 6. The molecule has 4 unspecified atom stereocenters. The lowest BCUT2D eigenvalue weighted by atomic mass is 9.98. The molecule has 0 radical (unpaired) electrons. The van der Waals surface area contributed by atoms with Gasteiger partial charge in [0.1, 0.15) is 55.4 Å². The van der Waals surface area contributed by atoms with E-state index >= 15 is 0 Å². The van der Waals surface area contributed by atoms with Crippen LogP contribution >= 0.6 is 0 Å². The van der Waals surface area contributed by atoms with Gasteiger partial charge in [0.2, 0.25) is 0 Å². The molecule has 2 aliphatic rings. The van der Waals surface area contributed by atoms with Gasteiger partial charge in [0.05, 0.1) is 19.8 Å². The number of allylic oxidation sites excluding steroid dienone is 2. The third kappa shape index (κ3) is 29.8. The van der Waals surface area contributed by atoms with Gasteiger partial charge < -0.3 is 64.2 Å². The molecule has 2 fully saturated rings. The number of hydrogen-bond donors (Lipinski definition) is 7. The minimum Gasteiger partial charge on any atom is -0.462 e. The Morgan fingerprint density at radius 2 is 0.814 bits per heavy atom. The molecule has 7 N–H and O–H groups in total. The molecular weight excluding hydrogens is 901 g/mol. The number of carbonyl (C=O) groups is 2. The van der Waals surface area contributed by atoms with Crippen LogP contribution in [-0.4, -0.2) is 142 Å². The van der Waals surface area contributed by atoms with Gasteiger partial charge in [0.15, 0.2) is 18.7 Å². The summed E-state index contributed by atoms with van der Waals surface area (Å²) in [7, 11) is 0. The van der Waals surface area contributed by atoms with Crippen LogP contribution in [0.25, 0.3) is 0 Å². The summed E-state index contributed by atoms with van der Waals surface area (Å²) in [6.45, 7) is 2.62. The van der Waals surface area contributed by atoms with Crippen LogP contribution in [0, 0.1) is 0 Å². The number of rotatable bonds is 45. The Hall–Kier alpha value is -1.76. The molecule has 0 aromatic carbocycles. The van der Waals surface area contributed by atoms with Crippen molar-refractivity contribution in [3.05, 3.63) is 12.2 Å². The molecule has 0 aromatic rings. The highest BCUT2D eigenvalue weighted by atomic mass is 16.7. The first-order valence-corrected chi connectivity index (χ1v) is 28.3. The molecule has 412 valence electrons. The summed E-state index contributed by atoms with van der Waals surface area (Å²) in [5.74, 6) is -0.921. The van der Waals surface area contributed by atoms with Crippen molar-refractivity contribution in [2.24, 2.45) is 0 Å². The van der Waals surface area contributed by atoms with Gasteiger partial charge in [0.25, 0.3) is 0 Å². The van der Waals surface area contributed by atoms with E-state index in [0.717, 1.165) is 57.8 Å². The van der Waals surface area contributed by atoms with Gasteiger partial charge in [-0.2, -0.15) is 0 Å². The maximum absolute atomic E-state index is 13.0. The normalized spacial score (nSPS) is 25.4. The maximum Gasteiger partial charge on any atom is 0.306 e. The lowest BCUT2D eigenvalue weighted by Gasteiger charge is -2.42. The van der Waals surface area contributed by atoms with Gasteiger partial charge in [-0.05, 0) is 38.5 Å². The van der Waals surface area contributed by atoms with Gasteiger partial charge in [-0.15, -0.1) is 0 Å². The zero-order valence-corrected chi connectivity index (χ0v) is 43.8. The highest BCUT2D eigenvalue weighted by Crippen LogP contribution is 2.27. The highest BCUT2D eigenvalue weighted by molar-refractivity contribution is 5.70. The Kier molecular flexibility index (Phi) is 39.1. The summed E-state index contributed by atoms with van der Waals surface area (Å²) >= 11 is 0. The van der Waals surface area contributed by atoms with E-state index in [1.54, 1.807) is 0 Å². The third-order valence-corrected chi connectivity index (χ3v) is 13.7. The zero-order valence-electron chi connectivity index (χ0n) is 43.8. The van der Waals surface area contributed by atoms with E-state index in [2.05, 4.69) is 26.0 Å². The molecular formula is C55H102O15. The Morgan fingerprint density at radius 3 is 1.26 bits per heavy atom. The molecule has 0 amide bonds. The predicted molar refractivity (Wildman–Crippen MR) is 271 cm³/mol. The third-order valence-electron chi connectivity index (χ3n) is 13.7. The van der Waals surface area contributed by atoms with Gasteiger partial charge in [-0.3, -0.25) is 9.59 Å². The van der Waals surface area contributed by atoms with Crippen LogP contribution in [0.15, 0.2) is 12.2 Å². The van der Waals surface area contributed by atoms with E-state index in [1.807, 2.05) is 0 Å². The molecule has 0 bridgehead atoms. The maximum atomic E-state index is 13.0. The van der Waals surface area contributed by atoms with E-state index in [-0.39, 0.29) is 26.1 Å². The van der Waals surface area contributed by atoms with Crippen molar-refractivity contribution in [1.82, 2.24) is 0 Å². The minimum absolute atomic E-state index is 0.160. The first-order valence-electron chi connectivity index (χ1n) is 28.3. The predicted octanol–water partition coefficient (Wildman–Crippen LogP) is 8.94. The molecule has 70 heavy (non-hydrogen) atoms. The molecule has 0 saturated carbocycles. The van der Waals surface area contributed by atoms with Crippen LogP contribution in [-0.2, 0) is 38.0 Å². The number of aliphatic hydroxyl groups is 7. The highest BCUT2D eigenvalue weighted by Gasteiger charge is 2.47. The van der Waals surface area contributed by atoms with Crippen LogP contribution in [0.5, 0.6) is 0 Å². The molecule has 0 spiro atoms. The first kappa shape index (κ1) is 64.4. The summed E-state index contributed by atoms with van der Waals surface area (Å²) < 4.78 is 33.7. The van der Waals surface area contributed by atoms with Crippen molar-refractivity contribution in [1.29, 1.82) is 0 Å². The Labute approximate surface area is 422 Å². The summed E-state index contributed by atoms with van der Waals surface area (Å²) in [6, 6.07) is 0. The topological polar surface area (TPSA) is 231 Å². The summed E-state index contributed by atoms with van der Waals surface area (Å²) in [5.41, 5.74) is 0. The van der Waals surface area contributed by atoms with Gasteiger partial charge in [0, 0.05) is 12.8 Å². The number of carbonyl (C=O) groups excluding carboxylic acids is 2. The molecule has 2 saturated heterocycles. The molecule has 15 nitrogen and oxygen atoms in total. The minimum atomic E-state index is -1.76. The average molecular weight is 1000 g/mol. The Morgan fingerprint density at radius 1 is 0.443 bits per heavy atom. The number of unbranched alkanes of at least 4 members (excludes halogenated alkanes) is 29. The zero-order chi connectivity index (χ0) is 51.0. The monoisotopic (exact) mass is 1000 g/mol. The summed E-state index contributed by atoms with van der Waals surface area (Å²) in [6.07, 6.45) is 26.6. The Balaban J connectivity index is 1.76. The second-order valence-electron chi connectivity index (χ2n) is 20.1. The van der Waals surface area contributed by atoms with Crippen molar-refractivity contribution in [2.45, 2.75) is 300 Å². The van der Waals surface area contributed by atoms with Gasteiger partial charge >= 0.3 is 11.9 Å². The quantitative estimate of drug-likeness (QED) is 0.0172.